The molecule has 1 aromatic heterocycles. The summed E-state index contributed by atoms with van der Waals surface area (Å²) in [6.45, 7) is 0.605. The van der Waals surface area contributed by atoms with Crippen molar-refractivity contribution >= 4 is 11.6 Å². The van der Waals surface area contributed by atoms with Crippen LogP contribution in [0.15, 0.2) is 67.0 Å². The summed E-state index contributed by atoms with van der Waals surface area (Å²) >= 11 is 0. The Kier molecular flexibility index (Phi) is 4.61. The predicted octanol–water partition coefficient (Wildman–Crippen LogP) is 3.22. The van der Waals surface area contributed by atoms with E-state index in [4.69, 9.17) is 4.74 Å². The van der Waals surface area contributed by atoms with E-state index in [0.29, 0.717) is 18.1 Å². The highest BCUT2D eigenvalue weighted by molar-refractivity contribution is 6.03. The number of carbonyl (C=O) groups excluding carboxylic acids is 1. The van der Waals surface area contributed by atoms with Crippen molar-refractivity contribution < 1.29 is 9.53 Å². The molecule has 0 bridgehead atoms. The number of nitrogens with zero attached hydrogens (tertiary/aromatic N) is 3. The molecule has 5 heteroatoms. The topological polar surface area (TPSA) is 47.4 Å². The minimum atomic E-state index is -0.163. The normalized spacial score (nSPS) is 10.4. The van der Waals surface area contributed by atoms with Gasteiger partial charge in [-0.05, 0) is 17.7 Å². The zero-order valence-corrected chi connectivity index (χ0v) is 13.7. The first kappa shape index (κ1) is 15.8. The van der Waals surface area contributed by atoms with Crippen LogP contribution in [-0.4, -0.2) is 29.6 Å². The first-order valence-electron chi connectivity index (χ1n) is 7.66. The van der Waals surface area contributed by atoms with Crippen molar-refractivity contribution in [2.24, 2.45) is 0 Å². The molecule has 0 atom stereocenters. The van der Waals surface area contributed by atoms with Crippen LogP contribution in [0, 0.1) is 0 Å². The minimum absolute atomic E-state index is 0.163. The minimum Gasteiger partial charge on any atom is -0.497 e. The molecule has 0 unspecified atom stereocenters. The number of anilines is 1. The lowest BCUT2D eigenvalue weighted by Gasteiger charge is -2.18. The number of hydrogen-bond acceptors (Lipinski definition) is 3. The molecule has 122 valence electrons. The van der Waals surface area contributed by atoms with Gasteiger partial charge in [0.2, 0.25) is 0 Å². The van der Waals surface area contributed by atoms with Crippen molar-refractivity contribution in [1.82, 2.24) is 9.55 Å². The number of ether oxygens (including phenoxy) is 1. The number of hydrogen-bond donors (Lipinski definition) is 0. The quantitative estimate of drug-likeness (QED) is 0.725. The highest BCUT2D eigenvalue weighted by atomic mass is 16.5. The maximum atomic E-state index is 12.8. The number of carbonyl (C=O) groups is 1. The molecule has 0 spiro atoms. The van der Waals surface area contributed by atoms with E-state index in [1.807, 2.05) is 65.4 Å². The molecule has 5 nitrogen and oxygen atoms in total. The second-order valence-corrected chi connectivity index (χ2v) is 5.43. The van der Waals surface area contributed by atoms with E-state index < -0.39 is 0 Å². The van der Waals surface area contributed by atoms with Crippen molar-refractivity contribution in [3.05, 3.63) is 78.4 Å². The van der Waals surface area contributed by atoms with Gasteiger partial charge in [0, 0.05) is 37.7 Å². The van der Waals surface area contributed by atoms with Gasteiger partial charge in [0.25, 0.3) is 5.91 Å². The summed E-state index contributed by atoms with van der Waals surface area (Å²) in [5.74, 6) is 0.952. The van der Waals surface area contributed by atoms with E-state index in [0.717, 1.165) is 11.3 Å². The number of rotatable bonds is 5. The summed E-state index contributed by atoms with van der Waals surface area (Å²) in [5.41, 5.74) is 1.88. The SMILES string of the molecule is COc1cccc(N(C)C(=O)c2nccn2Cc2ccccc2)c1. The van der Waals surface area contributed by atoms with Gasteiger partial charge in [-0.1, -0.05) is 36.4 Å². The largest absolute Gasteiger partial charge is 0.497 e. The number of amides is 1. The Morgan fingerprint density at radius 1 is 1.17 bits per heavy atom. The first-order chi connectivity index (χ1) is 11.7. The molecule has 2 aromatic carbocycles. The summed E-state index contributed by atoms with van der Waals surface area (Å²) in [7, 11) is 3.34. The van der Waals surface area contributed by atoms with Crippen LogP contribution in [0.2, 0.25) is 0 Å². The molecular weight excluding hydrogens is 302 g/mol. The lowest BCUT2D eigenvalue weighted by atomic mass is 10.2. The highest BCUT2D eigenvalue weighted by Crippen LogP contribution is 2.21. The molecule has 0 fully saturated rings. The molecular formula is C19H19N3O2. The Hall–Kier alpha value is -3.08. The predicted molar refractivity (Wildman–Crippen MR) is 93.5 cm³/mol. The molecule has 0 saturated carbocycles. The fourth-order valence-electron chi connectivity index (χ4n) is 2.50. The Morgan fingerprint density at radius 3 is 2.71 bits per heavy atom. The van der Waals surface area contributed by atoms with Crippen molar-refractivity contribution in [2.45, 2.75) is 6.54 Å². The molecule has 1 amide bonds. The Morgan fingerprint density at radius 2 is 1.96 bits per heavy atom. The fraction of sp³-hybridized carbons (Fsp3) is 0.158. The standard InChI is InChI=1S/C19H19N3O2/c1-21(16-9-6-10-17(13-16)24-2)19(23)18-20-11-12-22(18)14-15-7-4-3-5-8-15/h3-13H,14H2,1-2H3. The van der Waals surface area contributed by atoms with Crippen molar-refractivity contribution in [3.63, 3.8) is 0 Å². The van der Waals surface area contributed by atoms with E-state index in [1.165, 1.54) is 0 Å². The average molecular weight is 321 g/mol. The van der Waals surface area contributed by atoms with Gasteiger partial charge < -0.3 is 14.2 Å². The van der Waals surface area contributed by atoms with Gasteiger partial charge in [-0.3, -0.25) is 4.79 Å². The van der Waals surface area contributed by atoms with E-state index in [2.05, 4.69) is 4.98 Å². The van der Waals surface area contributed by atoms with Gasteiger partial charge in [0.1, 0.15) is 5.75 Å². The third kappa shape index (κ3) is 3.30. The fourth-order valence-corrected chi connectivity index (χ4v) is 2.50. The van der Waals surface area contributed by atoms with Crippen molar-refractivity contribution in [1.29, 1.82) is 0 Å². The summed E-state index contributed by atoms with van der Waals surface area (Å²) in [6, 6.07) is 17.4. The molecule has 3 aromatic rings. The van der Waals surface area contributed by atoms with E-state index in [1.54, 1.807) is 25.3 Å². The molecule has 1 heterocycles. The summed E-state index contributed by atoms with van der Waals surface area (Å²) in [4.78, 5) is 18.6. The van der Waals surface area contributed by atoms with Gasteiger partial charge in [0.15, 0.2) is 5.82 Å². The zero-order chi connectivity index (χ0) is 16.9. The molecule has 0 aliphatic carbocycles. The Bertz CT molecular complexity index is 827. The molecule has 24 heavy (non-hydrogen) atoms. The average Bonchev–Trinajstić information content (AvgIpc) is 3.09. The second kappa shape index (κ2) is 7.00. The monoisotopic (exact) mass is 321 g/mol. The van der Waals surface area contributed by atoms with E-state index in [-0.39, 0.29) is 5.91 Å². The van der Waals surface area contributed by atoms with Crippen LogP contribution in [0.4, 0.5) is 5.69 Å². The van der Waals surface area contributed by atoms with E-state index >= 15 is 0 Å². The Balaban J connectivity index is 1.84. The molecule has 0 N–H and O–H groups in total. The van der Waals surface area contributed by atoms with Gasteiger partial charge >= 0.3 is 0 Å². The molecule has 3 rings (SSSR count). The number of methoxy groups -OCH3 is 1. The van der Waals surface area contributed by atoms with Crippen molar-refractivity contribution in [2.75, 3.05) is 19.1 Å². The lowest BCUT2D eigenvalue weighted by Crippen LogP contribution is -2.29. The van der Waals surface area contributed by atoms with Crippen LogP contribution in [0.3, 0.4) is 0 Å². The van der Waals surface area contributed by atoms with Crippen LogP contribution in [0.25, 0.3) is 0 Å². The van der Waals surface area contributed by atoms with Gasteiger partial charge in [-0.25, -0.2) is 4.98 Å². The van der Waals surface area contributed by atoms with Crippen LogP contribution in [0.5, 0.6) is 5.75 Å². The molecule has 0 radical (unpaired) electrons. The third-order valence-corrected chi connectivity index (χ3v) is 3.85. The maximum Gasteiger partial charge on any atom is 0.294 e. The molecule has 0 aliphatic heterocycles. The molecule has 0 saturated heterocycles. The summed E-state index contributed by atoms with van der Waals surface area (Å²) in [6.07, 6.45) is 3.47. The van der Waals surface area contributed by atoms with Crippen LogP contribution in [-0.2, 0) is 6.54 Å². The first-order valence-corrected chi connectivity index (χ1v) is 7.66. The summed E-state index contributed by atoms with van der Waals surface area (Å²) < 4.78 is 7.07. The van der Waals surface area contributed by atoms with Crippen LogP contribution >= 0.6 is 0 Å². The van der Waals surface area contributed by atoms with Gasteiger partial charge in [-0.2, -0.15) is 0 Å². The zero-order valence-electron chi connectivity index (χ0n) is 13.7. The van der Waals surface area contributed by atoms with Crippen LogP contribution in [0.1, 0.15) is 16.2 Å². The highest BCUT2D eigenvalue weighted by Gasteiger charge is 2.19. The van der Waals surface area contributed by atoms with Gasteiger partial charge in [-0.15, -0.1) is 0 Å². The Labute approximate surface area is 141 Å². The van der Waals surface area contributed by atoms with E-state index in [9.17, 15) is 4.79 Å². The van der Waals surface area contributed by atoms with Gasteiger partial charge in [0.05, 0.1) is 7.11 Å². The smallest absolute Gasteiger partial charge is 0.294 e. The number of imidazole rings is 1. The second-order valence-electron chi connectivity index (χ2n) is 5.43. The lowest BCUT2D eigenvalue weighted by molar-refractivity contribution is 0.0979. The number of benzene rings is 2. The third-order valence-electron chi connectivity index (χ3n) is 3.85. The molecule has 0 aliphatic rings. The number of aromatic nitrogens is 2. The maximum absolute atomic E-state index is 12.8. The summed E-state index contributed by atoms with van der Waals surface area (Å²) in [5, 5.41) is 0. The van der Waals surface area contributed by atoms with Crippen LogP contribution < -0.4 is 9.64 Å². The van der Waals surface area contributed by atoms with Crippen molar-refractivity contribution in [3.8, 4) is 5.75 Å².